The second kappa shape index (κ2) is 9.69. The van der Waals surface area contributed by atoms with Crippen molar-refractivity contribution in [1.82, 2.24) is 4.90 Å². The Morgan fingerprint density at radius 1 is 1.03 bits per heavy atom. The van der Waals surface area contributed by atoms with Gasteiger partial charge in [0.15, 0.2) is 0 Å². The Labute approximate surface area is 179 Å². The zero-order chi connectivity index (χ0) is 20.8. The van der Waals surface area contributed by atoms with Gasteiger partial charge >= 0.3 is 0 Å². The van der Waals surface area contributed by atoms with Crippen LogP contribution in [-0.4, -0.2) is 50.1 Å². The number of piperazine rings is 1. The molecular formula is C25H29N3O2. The van der Waals surface area contributed by atoms with Crippen molar-refractivity contribution in [1.29, 1.82) is 0 Å². The first kappa shape index (κ1) is 20.3. The molecule has 5 heteroatoms. The largest absolute Gasteiger partial charge is 0.494 e. The Balaban J connectivity index is 1.17. The maximum atomic E-state index is 11.5. The van der Waals surface area contributed by atoms with Crippen LogP contribution in [0.5, 0.6) is 5.75 Å². The van der Waals surface area contributed by atoms with Crippen LogP contribution in [0.15, 0.2) is 42.5 Å². The Morgan fingerprint density at radius 2 is 1.83 bits per heavy atom. The van der Waals surface area contributed by atoms with Gasteiger partial charge < -0.3 is 15.0 Å². The molecule has 4 rings (SSSR count). The van der Waals surface area contributed by atoms with Gasteiger partial charge in [-0.15, -0.1) is 5.92 Å². The fourth-order valence-corrected chi connectivity index (χ4v) is 4.06. The summed E-state index contributed by atoms with van der Waals surface area (Å²) in [5, 5.41) is 2.91. The first-order valence-corrected chi connectivity index (χ1v) is 10.8. The molecule has 156 valence electrons. The number of anilines is 2. The van der Waals surface area contributed by atoms with E-state index in [9.17, 15) is 4.79 Å². The highest BCUT2D eigenvalue weighted by atomic mass is 16.5. The number of rotatable bonds is 6. The third kappa shape index (κ3) is 5.14. The van der Waals surface area contributed by atoms with E-state index < -0.39 is 0 Å². The molecular weight excluding hydrogens is 374 g/mol. The lowest BCUT2D eigenvalue weighted by Gasteiger charge is -2.36. The third-order valence-electron chi connectivity index (χ3n) is 5.73. The van der Waals surface area contributed by atoms with Crippen molar-refractivity contribution in [3.05, 3.63) is 53.6 Å². The zero-order valence-corrected chi connectivity index (χ0v) is 17.6. The summed E-state index contributed by atoms with van der Waals surface area (Å²) in [6, 6.07) is 14.5. The van der Waals surface area contributed by atoms with Crippen molar-refractivity contribution in [3.8, 4) is 17.6 Å². The number of ether oxygens (including phenoxy) is 1. The fourth-order valence-electron chi connectivity index (χ4n) is 4.06. The Bertz CT molecular complexity index is 935. The minimum Gasteiger partial charge on any atom is -0.494 e. The number of fused-ring (bicyclic) bond motifs is 1. The molecule has 0 atom stereocenters. The molecule has 0 unspecified atom stereocenters. The highest BCUT2D eigenvalue weighted by molar-refractivity contribution is 5.94. The number of hydrogen-bond acceptors (Lipinski definition) is 4. The quantitative estimate of drug-likeness (QED) is 0.592. The Hall–Kier alpha value is -2.97. The van der Waals surface area contributed by atoms with Crippen LogP contribution in [0.25, 0.3) is 0 Å². The highest BCUT2D eigenvalue weighted by Gasteiger charge is 2.17. The van der Waals surface area contributed by atoms with Gasteiger partial charge in [0, 0.05) is 56.1 Å². The van der Waals surface area contributed by atoms with Gasteiger partial charge in [-0.2, -0.15) is 0 Å². The smallest absolute Gasteiger partial charge is 0.224 e. The van der Waals surface area contributed by atoms with Crippen molar-refractivity contribution >= 4 is 17.3 Å². The lowest BCUT2D eigenvalue weighted by molar-refractivity contribution is -0.116. The zero-order valence-electron chi connectivity index (χ0n) is 17.6. The number of hydrogen-bond donors (Lipinski definition) is 1. The van der Waals surface area contributed by atoms with Crippen molar-refractivity contribution in [2.45, 2.75) is 26.2 Å². The number of carbonyl (C=O) groups excluding carboxylic acids is 1. The number of nitrogens with one attached hydrogen (secondary N) is 1. The van der Waals surface area contributed by atoms with Gasteiger partial charge in [0.25, 0.3) is 0 Å². The van der Waals surface area contributed by atoms with E-state index in [-0.39, 0.29) is 5.91 Å². The molecule has 0 radical (unpaired) electrons. The van der Waals surface area contributed by atoms with E-state index >= 15 is 0 Å². The standard InChI is InChI=1S/C25H29N3O2/c1-2-4-20-5-8-22(9-6-20)28-16-14-27(15-17-28)13-3-18-30-23-10-11-24-21(19-23)7-12-25(29)26-24/h5-6,8-11,19H,3,7,12-18H2,1H3,(H,26,29). The SMILES string of the molecule is CC#Cc1ccc(N2CCN(CCCOc3ccc4c(c3)CCC(=O)N4)CC2)cc1. The van der Waals surface area contributed by atoms with Crippen LogP contribution in [0.4, 0.5) is 11.4 Å². The van der Waals surface area contributed by atoms with Crippen molar-refractivity contribution in [2.75, 3.05) is 49.5 Å². The molecule has 0 aromatic heterocycles. The Morgan fingerprint density at radius 3 is 2.60 bits per heavy atom. The number of aryl methyl sites for hydroxylation is 1. The van der Waals surface area contributed by atoms with Gasteiger partial charge in [0.05, 0.1) is 6.61 Å². The van der Waals surface area contributed by atoms with Crippen molar-refractivity contribution < 1.29 is 9.53 Å². The highest BCUT2D eigenvalue weighted by Crippen LogP contribution is 2.27. The number of benzene rings is 2. The van der Waals surface area contributed by atoms with Gasteiger partial charge in [-0.05, 0) is 67.8 Å². The molecule has 2 aliphatic heterocycles. The number of carbonyl (C=O) groups is 1. The van der Waals surface area contributed by atoms with Gasteiger partial charge in [-0.1, -0.05) is 5.92 Å². The van der Waals surface area contributed by atoms with E-state index in [0.717, 1.165) is 68.1 Å². The summed E-state index contributed by atoms with van der Waals surface area (Å²) < 4.78 is 5.95. The molecule has 2 aromatic rings. The average molecular weight is 404 g/mol. The molecule has 1 amide bonds. The summed E-state index contributed by atoms with van der Waals surface area (Å²) >= 11 is 0. The lowest BCUT2D eigenvalue weighted by Crippen LogP contribution is -2.46. The van der Waals surface area contributed by atoms with E-state index in [1.54, 1.807) is 0 Å². The van der Waals surface area contributed by atoms with E-state index in [4.69, 9.17) is 4.74 Å². The lowest BCUT2D eigenvalue weighted by atomic mass is 10.0. The van der Waals surface area contributed by atoms with E-state index in [1.807, 2.05) is 19.1 Å². The minimum absolute atomic E-state index is 0.0964. The van der Waals surface area contributed by atoms with Crippen LogP contribution in [0.3, 0.4) is 0 Å². The Kier molecular flexibility index (Phi) is 6.56. The molecule has 5 nitrogen and oxygen atoms in total. The summed E-state index contributed by atoms with van der Waals surface area (Å²) in [5.41, 5.74) is 4.44. The summed E-state index contributed by atoms with van der Waals surface area (Å²) in [7, 11) is 0. The molecule has 1 fully saturated rings. The molecule has 30 heavy (non-hydrogen) atoms. The third-order valence-corrected chi connectivity index (χ3v) is 5.73. The van der Waals surface area contributed by atoms with Crippen LogP contribution >= 0.6 is 0 Å². The first-order chi connectivity index (χ1) is 14.7. The van der Waals surface area contributed by atoms with Gasteiger partial charge in [0.2, 0.25) is 5.91 Å². The molecule has 0 bridgehead atoms. The molecule has 2 aromatic carbocycles. The number of nitrogens with zero attached hydrogens (tertiary/aromatic N) is 2. The van der Waals surface area contributed by atoms with Crippen LogP contribution in [0.2, 0.25) is 0 Å². The average Bonchev–Trinajstić information content (AvgIpc) is 2.78. The normalized spacial score (nSPS) is 16.3. The van der Waals surface area contributed by atoms with Gasteiger partial charge in [0.1, 0.15) is 5.75 Å². The van der Waals surface area contributed by atoms with E-state index in [2.05, 4.69) is 57.3 Å². The molecule has 0 spiro atoms. The van der Waals surface area contributed by atoms with Crippen LogP contribution in [-0.2, 0) is 11.2 Å². The second-order valence-electron chi connectivity index (χ2n) is 7.82. The maximum absolute atomic E-state index is 11.5. The maximum Gasteiger partial charge on any atom is 0.224 e. The predicted octanol–water partition coefficient (Wildman–Crippen LogP) is 3.53. The summed E-state index contributed by atoms with van der Waals surface area (Å²) in [6.07, 6.45) is 2.36. The molecule has 0 aliphatic carbocycles. The van der Waals surface area contributed by atoms with E-state index in [1.165, 1.54) is 5.69 Å². The molecule has 1 N–H and O–H groups in total. The second-order valence-corrected chi connectivity index (χ2v) is 7.82. The minimum atomic E-state index is 0.0964. The van der Waals surface area contributed by atoms with Crippen LogP contribution in [0, 0.1) is 11.8 Å². The molecule has 2 heterocycles. The summed E-state index contributed by atoms with van der Waals surface area (Å²) in [4.78, 5) is 16.4. The van der Waals surface area contributed by atoms with Crippen LogP contribution in [0.1, 0.15) is 30.9 Å². The predicted molar refractivity (Wildman–Crippen MR) is 121 cm³/mol. The number of amides is 1. The van der Waals surface area contributed by atoms with Gasteiger partial charge in [-0.25, -0.2) is 0 Å². The van der Waals surface area contributed by atoms with Crippen molar-refractivity contribution in [3.63, 3.8) is 0 Å². The molecule has 2 aliphatic rings. The summed E-state index contributed by atoms with van der Waals surface area (Å²) in [5.74, 6) is 7.03. The topological polar surface area (TPSA) is 44.8 Å². The fraction of sp³-hybridized carbons (Fsp3) is 0.400. The van der Waals surface area contributed by atoms with Crippen LogP contribution < -0.4 is 15.0 Å². The van der Waals surface area contributed by atoms with Gasteiger partial charge in [-0.3, -0.25) is 9.69 Å². The molecule has 0 saturated carbocycles. The summed E-state index contributed by atoms with van der Waals surface area (Å²) in [6.45, 7) is 7.90. The molecule has 1 saturated heterocycles. The van der Waals surface area contributed by atoms with E-state index in [0.29, 0.717) is 13.0 Å². The monoisotopic (exact) mass is 403 g/mol. The first-order valence-electron chi connectivity index (χ1n) is 10.8. The van der Waals surface area contributed by atoms with Crippen molar-refractivity contribution in [2.24, 2.45) is 0 Å².